The summed E-state index contributed by atoms with van der Waals surface area (Å²) in [4.78, 5) is 14.6. The molecule has 1 aromatic carbocycles. The minimum atomic E-state index is -0.543. The Morgan fingerprint density at radius 3 is 2.58 bits per heavy atom. The molecule has 1 aromatic rings. The Kier molecular flexibility index (Phi) is 3.66. The number of rotatable bonds is 3. The van der Waals surface area contributed by atoms with Gasteiger partial charge in [-0.15, -0.1) is 0 Å². The van der Waals surface area contributed by atoms with Crippen LogP contribution in [0.25, 0.3) is 0 Å². The van der Waals surface area contributed by atoms with Crippen molar-refractivity contribution in [1.29, 1.82) is 0 Å². The Hall–Kier alpha value is -1.85. The molecule has 3 aliphatic rings. The number of methoxy groups -OCH3 is 1. The number of hydrogen-bond donors (Lipinski definition) is 0. The number of fused-ring (bicyclic) bond motifs is 1. The predicted molar refractivity (Wildman–Crippen MR) is 88.8 cm³/mol. The lowest BCUT2D eigenvalue weighted by molar-refractivity contribution is -0.145. The maximum atomic E-state index is 12.3. The van der Waals surface area contributed by atoms with Gasteiger partial charge in [-0.25, -0.2) is 0 Å². The van der Waals surface area contributed by atoms with Crippen LogP contribution in [0.5, 0.6) is 5.75 Å². The molecule has 0 aromatic heterocycles. The third-order valence-corrected chi connectivity index (χ3v) is 5.29. The van der Waals surface area contributed by atoms with Crippen LogP contribution in [0.3, 0.4) is 0 Å². The van der Waals surface area contributed by atoms with Crippen molar-refractivity contribution in [2.45, 2.75) is 37.5 Å². The molecule has 0 bridgehead atoms. The van der Waals surface area contributed by atoms with E-state index in [9.17, 15) is 4.79 Å². The Bertz CT molecular complexity index is 675. The number of carbonyl (C=O) groups excluding carboxylic acids is 1. The van der Waals surface area contributed by atoms with Gasteiger partial charge in [0.1, 0.15) is 5.75 Å². The molecule has 2 fully saturated rings. The Labute approximate surface area is 142 Å². The van der Waals surface area contributed by atoms with Crippen LogP contribution in [0.2, 0.25) is 0 Å². The van der Waals surface area contributed by atoms with Gasteiger partial charge >= 0.3 is 0 Å². The van der Waals surface area contributed by atoms with E-state index in [4.69, 9.17) is 14.2 Å². The van der Waals surface area contributed by atoms with Crippen LogP contribution in [0.15, 0.2) is 36.0 Å². The fourth-order valence-electron chi connectivity index (χ4n) is 4.25. The van der Waals surface area contributed by atoms with Crippen molar-refractivity contribution in [3.05, 3.63) is 41.6 Å². The molecule has 3 heterocycles. The van der Waals surface area contributed by atoms with E-state index in [-0.39, 0.29) is 11.3 Å². The molecule has 4 rings (SSSR count). The van der Waals surface area contributed by atoms with Gasteiger partial charge in [0.05, 0.1) is 26.9 Å². The smallest absolute Gasteiger partial charge is 0.188 e. The molecule has 1 atom stereocenters. The van der Waals surface area contributed by atoms with Crippen molar-refractivity contribution in [2.75, 3.05) is 26.9 Å². The zero-order valence-corrected chi connectivity index (χ0v) is 14.2. The summed E-state index contributed by atoms with van der Waals surface area (Å²) in [5.74, 6) is 0.482. The Morgan fingerprint density at radius 2 is 1.92 bits per heavy atom. The second kappa shape index (κ2) is 5.60. The number of nitrogens with zero attached hydrogens (tertiary/aromatic N) is 1. The number of benzene rings is 1. The summed E-state index contributed by atoms with van der Waals surface area (Å²) in [7, 11) is 1.66. The molecular formula is C19H23NO4. The maximum Gasteiger partial charge on any atom is 0.188 e. The highest BCUT2D eigenvalue weighted by Crippen LogP contribution is 2.47. The Morgan fingerprint density at radius 1 is 1.21 bits per heavy atom. The highest BCUT2D eigenvalue weighted by atomic mass is 16.7. The van der Waals surface area contributed by atoms with Crippen molar-refractivity contribution in [3.63, 3.8) is 0 Å². The third kappa shape index (κ3) is 2.62. The van der Waals surface area contributed by atoms with Crippen molar-refractivity contribution in [2.24, 2.45) is 0 Å². The van der Waals surface area contributed by atoms with Crippen LogP contribution in [0, 0.1) is 0 Å². The van der Waals surface area contributed by atoms with Gasteiger partial charge < -0.3 is 19.1 Å². The maximum absolute atomic E-state index is 12.3. The first-order valence-corrected chi connectivity index (χ1v) is 8.44. The average Bonchev–Trinajstić information content (AvgIpc) is 3.11. The average molecular weight is 329 g/mol. The SMILES string of the molecule is COc1ccc(CC2=CC(=O)C[C@@]3(C)CC4(CN23)OCCO4)cc1. The molecular weight excluding hydrogens is 306 g/mol. The first-order chi connectivity index (χ1) is 11.5. The number of ether oxygens (including phenoxy) is 3. The van der Waals surface area contributed by atoms with E-state index in [1.165, 1.54) is 0 Å². The highest BCUT2D eigenvalue weighted by Gasteiger charge is 2.56. The molecule has 0 saturated carbocycles. The van der Waals surface area contributed by atoms with Crippen molar-refractivity contribution < 1.29 is 19.0 Å². The number of hydrogen-bond acceptors (Lipinski definition) is 5. The molecule has 5 heteroatoms. The summed E-state index contributed by atoms with van der Waals surface area (Å²) in [5, 5.41) is 0. The zero-order valence-electron chi connectivity index (χ0n) is 14.2. The second-order valence-corrected chi connectivity index (χ2v) is 7.17. The van der Waals surface area contributed by atoms with Crippen LogP contribution in [0.4, 0.5) is 0 Å². The summed E-state index contributed by atoms with van der Waals surface area (Å²) in [5.41, 5.74) is 1.99. The highest BCUT2D eigenvalue weighted by molar-refractivity contribution is 5.92. The van der Waals surface area contributed by atoms with E-state index in [1.54, 1.807) is 13.2 Å². The fourth-order valence-corrected chi connectivity index (χ4v) is 4.25. The van der Waals surface area contributed by atoms with E-state index in [0.29, 0.717) is 26.2 Å². The topological polar surface area (TPSA) is 48.0 Å². The van der Waals surface area contributed by atoms with Crippen LogP contribution in [-0.2, 0) is 20.7 Å². The van der Waals surface area contributed by atoms with Gasteiger partial charge in [0.25, 0.3) is 0 Å². The van der Waals surface area contributed by atoms with E-state index in [1.807, 2.05) is 24.3 Å². The first kappa shape index (κ1) is 15.7. The molecule has 1 spiro atoms. The minimum absolute atomic E-state index is 0.187. The van der Waals surface area contributed by atoms with Gasteiger partial charge in [-0.05, 0) is 24.6 Å². The normalized spacial score (nSPS) is 28.2. The molecule has 2 saturated heterocycles. The lowest BCUT2D eigenvalue weighted by atomic mass is 9.86. The Balaban J connectivity index is 1.60. The van der Waals surface area contributed by atoms with Gasteiger partial charge in [0.15, 0.2) is 11.6 Å². The molecule has 128 valence electrons. The van der Waals surface area contributed by atoms with E-state index < -0.39 is 5.79 Å². The molecule has 5 nitrogen and oxygen atoms in total. The van der Waals surface area contributed by atoms with Gasteiger partial charge in [-0.2, -0.15) is 0 Å². The standard InChI is InChI=1S/C19H23NO4/c1-18-11-16(21)10-15(9-14-3-5-17(22-2)6-4-14)20(18)13-19(12-18)23-7-8-24-19/h3-6,10H,7-9,11-13H2,1-2H3/t18-/m0/s1. The fraction of sp³-hybridized carbons (Fsp3) is 0.526. The van der Waals surface area contributed by atoms with Gasteiger partial charge in [0, 0.05) is 36.6 Å². The van der Waals surface area contributed by atoms with Crippen molar-refractivity contribution in [1.82, 2.24) is 4.90 Å². The summed E-state index contributed by atoms with van der Waals surface area (Å²) < 4.78 is 17.0. The monoisotopic (exact) mass is 329 g/mol. The molecule has 0 unspecified atom stereocenters. The lowest BCUT2D eigenvalue weighted by Crippen LogP contribution is -2.45. The summed E-state index contributed by atoms with van der Waals surface area (Å²) in [6, 6.07) is 8.00. The first-order valence-electron chi connectivity index (χ1n) is 8.44. The van der Waals surface area contributed by atoms with Crippen LogP contribution in [0.1, 0.15) is 25.3 Å². The molecule has 0 radical (unpaired) electrons. The number of allylic oxidation sites excluding steroid dienone is 2. The predicted octanol–water partition coefficient (Wildman–Crippen LogP) is 2.30. The second-order valence-electron chi connectivity index (χ2n) is 7.17. The molecule has 0 amide bonds. The summed E-state index contributed by atoms with van der Waals surface area (Å²) in [6.07, 6.45) is 3.78. The van der Waals surface area contributed by atoms with E-state index >= 15 is 0 Å². The van der Waals surface area contributed by atoms with Crippen LogP contribution in [-0.4, -0.2) is 48.9 Å². The molecule has 24 heavy (non-hydrogen) atoms. The van der Waals surface area contributed by atoms with E-state index in [2.05, 4.69) is 11.8 Å². The van der Waals surface area contributed by atoms with Gasteiger partial charge in [0.2, 0.25) is 0 Å². The van der Waals surface area contributed by atoms with E-state index in [0.717, 1.165) is 29.9 Å². The largest absolute Gasteiger partial charge is 0.497 e. The number of ketones is 1. The molecule has 0 N–H and O–H groups in total. The van der Waals surface area contributed by atoms with Crippen molar-refractivity contribution in [3.8, 4) is 5.75 Å². The minimum Gasteiger partial charge on any atom is -0.497 e. The van der Waals surface area contributed by atoms with Crippen molar-refractivity contribution >= 4 is 5.78 Å². The third-order valence-electron chi connectivity index (χ3n) is 5.29. The molecule has 3 aliphatic heterocycles. The molecule has 0 aliphatic carbocycles. The quantitative estimate of drug-likeness (QED) is 0.852. The van der Waals surface area contributed by atoms with Crippen LogP contribution < -0.4 is 4.74 Å². The van der Waals surface area contributed by atoms with Gasteiger partial charge in [-0.3, -0.25) is 4.79 Å². The zero-order chi connectivity index (χ0) is 16.8. The summed E-state index contributed by atoms with van der Waals surface area (Å²) in [6.45, 7) is 4.11. The number of carbonyl (C=O) groups is 1. The van der Waals surface area contributed by atoms with Crippen LogP contribution >= 0.6 is 0 Å². The lowest BCUT2D eigenvalue weighted by Gasteiger charge is -2.40. The van der Waals surface area contributed by atoms with Gasteiger partial charge in [-0.1, -0.05) is 12.1 Å². The summed E-state index contributed by atoms with van der Waals surface area (Å²) >= 11 is 0.